The lowest BCUT2D eigenvalue weighted by molar-refractivity contribution is 0.181. The predicted octanol–water partition coefficient (Wildman–Crippen LogP) is 4.02. The molecule has 0 bridgehead atoms. The molecule has 1 aromatic carbocycles. The van der Waals surface area contributed by atoms with Crippen LogP contribution in [0, 0.1) is 5.92 Å². The van der Waals surface area contributed by atoms with Gasteiger partial charge in [0.15, 0.2) is 0 Å². The maximum absolute atomic E-state index is 5.77. The normalized spacial score (nSPS) is 17.7. The molecule has 1 fully saturated rings. The highest BCUT2D eigenvalue weighted by molar-refractivity contribution is 5.68. The number of benzene rings is 1. The summed E-state index contributed by atoms with van der Waals surface area (Å²) in [5, 5.41) is 8.58. The summed E-state index contributed by atoms with van der Waals surface area (Å²) in [6, 6.07) is 4.01. The maximum atomic E-state index is 5.77. The van der Waals surface area contributed by atoms with Gasteiger partial charge in [0.1, 0.15) is 17.2 Å². The number of nitrogens with one attached hydrogen (secondary N) is 1. The molecule has 0 spiro atoms. The van der Waals surface area contributed by atoms with Gasteiger partial charge in [0.2, 0.25) is 0 Å². The summed E-state index contributed by atoms with van der Waals surface area (Å²) >= 11 is 0. The summed E-state index contributed by atoms with van der Waals surface area (Å²) in [7, 11) is 6.77. The molecule has 1 aromatic heterocycles. The van der Waals surface area contributed by atoms with Gasteiger partial charge in [-0.25, -0.2) is 0 Å². The Hall–Kier alpha value is -2.51. The van der Waals surface area contributed by atoms with Gasteiger partial charge in [0.25, 0.3) is 0 Å². The molecule has 2 heterocycles. The van der Waals surface area contributed by atoms with Gasteiger partial charge >= 0.3 is 0 Å². The Balaban J connectivity index is 1.77. The van der Waals surface area contributed by atoms with Crippen LogP contribution in [0.2, 0.25) is 0 Å². The van der Waals surface area contributed by atoms with Gasteiger partial charge in [0.05, 0.1) is 50.4 Å². The van der Waals surface area contributed by atoms with E-state index in [-0.39, 0.29) is 6.04 Å². The number of fused-ring (bicyclic) bond motifs is 1. The van der Waals surface area contributed by atoms with Crippen molar-refractivity contribution >= 4 is 11.8 Å². The van der Waals surface area contributed by atoms with Crippen molar-refractivity contribution in [2.45, 2.75) is 38.5 Å². The van der Waals surface area contributed by atoms with Gasteiger partial charge in [0, 0.05) is 20.8 Å². The Morgan fingerprint density at radius 1 is 1.03 bits per heavy atom. The third-order valence-electron chi connectivity index (χ3n) is 5.74. The molecule has 2 aromatic rings. The maximum Gasteiger partial charge on any atom is 0.128 e. The van der Waals surface area contributed by atoms with E-state index in [0.29, 0.717) is 13.2 Å². The molecular formula is C23H31N3O4. The van der Waals surface area contributed by atoms with Crippen LogP contribution in [0.1, 0.15) is 47.8 Å². The van der Waals surface area contributed by atoms with Crippen molar-refractivity contribution in [3.63, 3.8) is 0 Å². The Kier molecular flexibility index (Phi) is 6.29. The molecule has 1 aliphatic heterocycles. The molecule has 1 N–H and O–H groups in total. The molecule has 4 rings (SSSR count). The minimum atomic E-state index is -0.0291. The number of hydrogen-bond acceptors (Lipinski definition) is 6. The van der Waals surface area contributed by atoms with Gasteiger partial charge in [-0.2, -0.15) is 5.10 Å². The number of anilines is 1. The average Bonchev–Trinajstić information content (AvgIpc) is 3.52. The summed E-state index contributed by atoms with van der Waals surface area (Å²) in [5.74, 6) is 2.33. The fourth-order valence-electron chi connectivity index (χ4n) is 4.11. The number of allylic oxidation sites excluding steroid dienone is 1. The van der Waals surface area contributed by atoms with Gasteiger partial charge in [-0.05, 0) is 49.0 Å². The molecule has 0 saturated heterocycles. The predicted molar refractivity (Wildman–Crippen MR) is 116 cm³/mol. The fraction of sp³-hybridized carbons (Fsp3) is 0.522. The van der Waals surface area contributed by atoms with Crippen molar-refractivity contribution in [2.75, 3.05) is 40.3 Å². The molecular weight excluding hydrogens is 382 g/mol. The van der Waals surface area contributed by atoms with E-state index in [1.54, 1.807) is 28.4 Å². The standard InChI is InChI=1S/C23H31N3O4/c1-27-13-16-10-20(29-3)22(21(11-16)30-4)18-6-5-7-19-23(24-12-15-8-9-15)17(14-28-2)25-26(18)19/h5,7,10-11,15,18,24H,6,8-9,12-14H2,1-4H3. The van der Waals surface area contributed by atoms with E-state index in [1.807, 2.05) is 12.1 Å². The number of aromatic nitrogens is 2. The number of nitrogens with zero attached hydrogens (tertiary/aromatic N) is 2. The van der Waals surface area contributed by atoms with Crippen LogP contribution in [0.4, 0.5) is 5.69 Å². The van der Waals surface area contributed by atoms with E-state index in [2.05, 4.69) is 22.2 Å². The monoisotopic (exact) mass is 413 g/mol. The van der Waals surface area contributed by atoms with Crippen LogP contribution in [0.5, 0.6) is 11.5 Å². The van der Waals surface area contributed by atoms with E-state index >= 15 is 0 Å². The van der Waals surface area contributed by atoms with Crippen LogP contribution in [-0.4, -0.2) is 44.8 Å². The fourth-order valence-corrected chi connectivity index (χ4v) is 4.11. The highest BCUT2D eigenvalue weighted by atomic mass is 16.5. The Bertz CT molecular complexity index is 892. The summed E-state index contributed by atoms with van der Waals surface area (Å²) in [6.07, 6.45) is 7.76. The quantitative estimate of drug-likeness (QED) is 0.635. The number of hydrogen-bond donors (Lipinski definition) is 1. The third-order valence-corrected chi connectivity index (χ3v) is 5.74. The second kappa shape index (κ2) is 9.10. The lowest BCUT2D eigenvalue weighted by atomic mass is 9.97. The van der Waals surface area contributed by atoms with E-state index < -0.39 is 0 Å². The van der Waals surface area contributed by atoms with E-state index in [0.717, 1.165) is 58.6 Å². The summed E-state index contributed by atoms with van der Waals surface area (Å²) in [6.45, 7) is 1.94. The molecule has 7 heteroatoms. The second-order valence-corrected chi connectivity index (χ2v) is 7.91. The zero-order chi connectivity index (χ0) is 21.1. The first-order valence-corrected chi connectivity index (χ1v) is 10.4. The summed E-state index contributed by atoms with van der Waals surface area (Å²) in [4.78, 5) is 0. The SMILES string of the molecule is COCc1cc(OC)c(C2CC=Cc3c(NCC4CC4)c(COC)nn32)c(OC)c1. The Labute approximate surface area is 178 Å². The van der Waals surface area contributed by atoms with Crippen LogP contribution < -0.4 is 14.8 Å². The molecule has 0 amide bonds. The molecule has 162 valence electrons. The zero-order valence-electron chi connectivity index (χ0n) is 18.2. The van der Waals surface area contributed by atoms with Crippen molar-refractivity contribution < 1.29 is 18.9 Å². The molecule has 1 saturated carbocycles. The largest absolute Gasteiger partial charge is 0.496 e. The molecule has 1 aliphatic carbocycles. The highest BCUT2D eigenvalue weighted by Gasteiger charge is 2.30. The van der Waals surface area contributed by atoms with Crippen molar-refractivity contribution in [2.24, 2.45) is 5.92 Å². The molecule has 7 nitrogen and oxygen atoms in total. The minimum Gasteiger partial charge on any atom is -0.496 e. The smallest absolute Gasteiger partial charge is 0.128 e. The third kappa shape index (κ3) is 4.04. The minimum absolute atomic E-state index is 0.0291. The molecule has 0 radical (unpaired) electrons. The van der Waals surface area contributed by atoms with Gasteiger partial charge in [-0.3, -0.25) is 4.68 Å². The first-order chi connectivity index (χ1) is 14.7. The van der Waals surface area contributed by atoms with Crippen molar-refractivity contribution in [3.8, 4) is 11.5 Å². The average molecular weight is 414 g/mol. The molecule has 30 heavy (non-hydrogen) atoms. The van der Waals surface area contributed by atoms with Crippen molar-refractivity contribution in [1.29, 1.82) is 0 Å². The van der Waals surface area contributed by atoms with Gasteiger partial charge < -0.3 is 24.3 Å². The van der Waals surface area contributed by atoms with Crippen LogP contribution in [0.15, 0.2) is 18.2 Å². The lowest BCUT2D eigenvalue weighted by Gasteiger charge is -2.26. The van der Waals surface area contributed by atoms with Crippen LogP contribution in [0.25, 0.3) is 6.08 Å². The summed E-state index contributed by atoms with van der Waals surface area (Å²) < 4.78 is 24.4. The molecule has 1 unspecified atom stereocenters. The zero-order valence-corrected chi connectivity index (χ0v) is 18.2. The number of methoxy groups -OCH3 is 4. The van der Waals surface area contributed by atoms with Gasteiger partial charge in [-0.1, -0.05) is 6.08 Å². The van der Waals surface area contributed by atoms with Crippen molar-refractivity contribution in [1.82, 2.24) is 9.78 Å². The van der Waals surface area contributed by atoms with E-state index in [1.165, 1.54) is 12.8 Å². The summed E-state index contributed by atoms with van der Waals surface area (Å²) in [5.41, 5.74) is 5.07. The highest BCUT2D eigenvalue weighted by Crippen LogP contribution is 2.43. The van der Waals surface area contributed by atoms with Crippen LogP contribution in [0.3, 0.4) is 0 Å². The number of rotatable bonds is 10. The topological polar surface area (TPSA) is 66.8 Å². The van der Waals surface area contributed by atoms with E-state index in [4.69, 9.17) is 24.0 Å². The Morgan fingerprint density at radius 2 is 1.73 bits per heavy atom. The van der Waals surface area contributed by atoms with Gasteiger partial charge in [-0.15, -0.1) is 0 Å². The second-order valence-electron chi connectivity index (χ2n) is 7.91. The Morgan fingerprint density at radius 3 is 2.33 bits per heavy atom. The number of ether oxygens (including phenoxy) is 4. The van der Waals surface area contributed by atoms with Crippen LogP contribution >= 0.6 is 0 Å². The molecule has 1 atom stereocenters. The first-order valence-electron chi connectivity index (χ1n) is 10.4. The first kappa shape index (κ1) is 20.8. The van der Waals surface area contributed by atoms with E-state index in [9.17, 15) is 0 Å². The van der Waals surface area contributed by atoms with Crippen molar-refractivity contribution in [3.05, 3.63) is 40.7 Å². The lowest BCUT2D eigenvalue weighted by Crippen LogP contribution is -2.18. The van der Waals surface area contributed by atoms with Crippen LogP contribution in [-0.2, 0) is 22.7 Å². The molecule has 2 aliphatic rings.